The van der Waals surface area contributed by atoms with Crippen molar-refractivity contribution in [1.29, 1.82) is 0 Å². The van der Waals surface area contributed by atoms with Crippen LogP contribution in [0.4, 0.5) is 28.4 Å². The molecule has 79 heavy (non-hydrogen) atoms. The molecule has 21 nitrogen and oxygen atoms in total. The van der Waals surface area contributed by atoms with Gasteiger partial charge in [0.05, 0.1) is 68.4 Å². The summed E-state index contributed by atoms with van der Waals surface area (Å²) in [4.78, 5) is 82.5. The van der Waals surface area contributed by atoms with Crippen LogP contribution in [0, 0.1) is 0 Å². The molecule has 0 saturated carbocycles. The summed E-state index contributed by atoms with van der Waals surface area (Å²) in [6, 6.07) is 25.1. The summed E-state index contributed by atoms with van der Waals surface area (Å²) in [5.74, 6) is -1.98. The van der Waals surface area contributed by atoms with Crippen LogP contribution in [0.5, 0.6) is 23.0 Å². The van der Waals surface area contributed by atoms with Gasteiger partial charge in [0.25, 0.3) is 21.9 Å². The van der Waals surface area contributed by atoms with Crippen molar-refractivity contribution in [1.82, 2.24) is 16.0 Å². The standard InChI is InChI=1S/C55H60N8O13S3/c1-55(2,78-77-5)15-14-48(64)57-26-49(65)58-27-50(66)59-28-51(67)60-35-17-31(29-75-46-23-39-37(21-44(46)73-3)53(68)62-36(25-56-39)19-33-10-6-8-12-41(33)62)16-32(18-35)30-76-47-24-40-38(22-45(47)74-4)54(69)63-42-13-9-7-11-34(42)20-43(63)52(61-40)79(70,71)72/h6-13,16-18,21-24,36,43,52,56,61H,14-15,19-20,25-30H2,1-5H3,(H,57,64)(H,58,65)(H,59,66)(H,60,67)(H,70,71,72)/t36-,43?,52?/m0/s1. The average Bonchev–Trinajstić information content (AvgIpc) is 4.18. The second-order valence-electron chi connectivity index (χ2n) is 19.8. The molecule has 0 aliphatic carbocycles. The van der Waals surface area contributed by atoms with Crippen molar-refractivity contribution < 1.29 is 60.7 Å². The molecule has 0 saturated heterocycles. The number of carbonyl (C=O) groups is 6. The summed E-state index contributed by atoms with van der Waals surface area (Å²) >= 11 is 0. The van der Waals surface area contributed by atoms with Gasteiger partial charge in [0, 0.05) is 46.9 Å². The number of hydrogen-bond acceptors (Lipinski definition) is 16. The molecule has 3 atom stereocenters. The first kappa shape index (κ1) is 56.1. The molecule has 2 unspecified atom stereocenters. The highest BCUT2D eigenvalue weighted by Crippen LogP contribution is 2.44. The monoisotopic (exact) mass is 1140 g/mol. The molecule has 0 fully saturated rings. The first-order chi connectivity index (χ1) is 37.8. The number of amides is 6. The van der Waals surface area contributed by atoms with E-state index in [1.807, 2.05) is 49.3 Å². The summed E-state index contributed by atoms with van der Waals surface area (Å²) in [7, 11) is 1.35. The molecule has 4 aliphatic heterocycles. The van der Waals surface area contributed by atoms with Crippen LogP contribution in [0.3, 0.4) is 0 Å². The van der Waals surface area contributed by atoms with Crippen molar-refractivity contribution in [3.63, 3.8) is 0 Å². The number of fused-ring (bicyclic) bond motifs is 8. The van der Waals surface area contributed by atoms with Gasteiger partial charge in [-0.05, 0) is 104 Å². The molecular weight excluding hydrogens is 1080 g/mol. The van der Waals surface area contributed by atoms with Gasteiger partial charge in [0.1, 0.15) is 13.2 Å². The number of para-hydroxylation sites is 2. The zero-order valence-electron chi connectivity index (χ0n) is 43.9. The Hall–Kier alpha value is -7.67. The molecule has 0 radical (unpaired) electrons. The lowest BCUT2D eigenvalue weighted by Crippen LogP contribution is -2.49. The maximum absolute atomic E-state index is 14.3. The van der Waals surface area contributed by atoms with Crippen LogP contribution in [0.15, 0.2) is 91.0 Å². The molecule has 5 aromatic rings. The Kier molecular flexibility index (Phi) is 16.8. The third kappa shape index (κ3) is 12.8. The number of ether oxygens (including phenoxy) is 4. The predicted octanol–water partition coefficient (Wildman–Crippen LogP) is 5.93. The number of benzene rings is 5. The second-order valence-corrected chi connectivity index (χ2v) is 24.4. The van der Waals surface area contributed by atoms with Crippen LogP contribution in [-0.4, -0.2) is 117 Å². The summed E-state index contributed by atoms with van der Waals surface area (Å²) in [6.07, 6.45) is 3.67. The van der Waals surface area contributed by atoms with E-state index in [1.54, 1.807) is 76.2 Å². The third-order valence-corrected chi connectivity index (χ3v) is 17.6. The largest absolute Gasteiger partial charge is 0.493 e. The molecule has 416 valence electrons. The minimum atomic E-state index is -4.77. The lowest BCUT2D eigenvalue weighted by molar-refractivity contribution is -0.128. The molecule has 4 aliphatic rings. The Morgan fingerprint density at radius 2 is 1.23 bits per heavy atom. The summed E-state index contributed by atoms with van der Waals surface area (Å²) < 4.78 is 60.5. The Morgan fingerprint density at radius 1 is 0.696 bits per heavy atom. The number of rotatable bonds is 21. The minimum Gasteiger partial charge on any atom is -0.493 e. The van der Waals surface area contributed by atoms with Gasteiger partial charge in [-0.2, -0.15) is 8.42 Å². The van der Waals surface area contributed by atoms with Crippen molar-refractivity contribution in [3.8, 4) is 23.0 Å². The van der Waals surface area contributed by atoms with E-state index < -0.39 is 58.3 Å². The van der Waals surface area contributed by atoms with Crippen LogP contribution in [0.1, 0.15) is 69.7 Å². The van der Waals surface area contributed by atoms with Gasteiger partial charge in [0.2, 0.25) is 23.6 Å². The zero-order valence-corrected chi connectivity index (χ0v) is 46.4. The van der Waals surface area contributed by atoms with Gasteiger partial charge in [-0.3, -0.25) is 33.3 Å². The number of nitrogens with zero attached hydrogens (tertiary/aromatic N) is 2. The maximum Gasteiger partial charge on any atom is 0.288 e. The Labute approximate surface area is 464 Å². The van der Waals surface area contributed by atoms with E-state index in [2.05, 4.69) is 31.9 Å². The van der Waals surface area contributed by atoms with E-state index in [0.29, 0.717) is 59.0 Å². The SMILES string of the molecule is COc1cc2c(cc1OCc1cc(COc3cc4c(cc3OC)C(=O)N3c5ccccc5C[C@H]3CN4)cc(NC(=O)CNC(=O)CNC(=O)CNC(=O)CCC(C)(C)SSC)c1)NC(S(=O)(=O)O)C1Cc3ccccc3N1C2=O. The Balaban J connectivity index is 0.915. The topological polar surface area (TPSA) is 272 Å². The van der Waals surface area contributed by atoms with Crippen molar-refractivity contribution in [3.05, 3.63) is 124 Å². The van der Waals surface area contributed by atoms with E-state index in [0.717, 1.165) is 16.8 Å². The molecule has 7 N–H and O–H groups in total. The minimum absolute atomic E-state index is 0.0750. The molecule has 0 aromatic heterocycles. The lowest BCUT2D eigenvalue weighted by atomic mass is 10.1. The number of methoxy groups -OCH3 is 2. The number of carbonyl (C=O) groups excluding carboxylic acids is 6. The molecule has 5 aromatic carbocycles. The van der Waals surface area contributed by atoms with Crippen LogP contribution in [0.25, 0.3) is 0 Å². The van der Waals surface area contributed by atoms with Gasteiger partial charge < -0.3 is 60.6 Å². The van der Waals surface area contributed by atoms with Crippen molar-refractivity contribution in [2.24, 2.45) is 0 Å². The molecule has 6 amide bonds. The maximum atomic E-state index is 14.3. The van der Waals surface area contributed by atoms with Crippen LogP contribution in [0.2, 0.25) is 0 Å². The summed E-state index contributed by atoms with van der Waals surface area (Å²) in [6.45, 7) is 3.05. The highest BCUT2D eigenvalue weighted by atomic mass is 33.1. The van der Waals surface area contributed by atoms with Gasteiger partial charge >= 0.3 is 0 Å². The number of anilines is 5. The third-order valence-electron chi connectivity index (χ3n) is 13.8. The van der Waals surface area contributed by atoms with E-state index in [1.165, 1.54) is 31.3 Å². The molecular formula is C55H60N8O13S3. The molecule has 24 heteroatoms. The Bertz CT molecular complexity index is 3340. The van der Waals surface area contributed by atoms with Crippen LogP contribution >= 0.6 is 21.6 Å². The molecule has 9 rings (SSSR count). The van der Waals surface area contributed by atoms with Gasteiger partial charge in [-0.1, -0.05) is 58.0 Å². The van der Waals surface area contributed by atoms with Gasteiger partial charge in [-0.15, -0.1) is 0 Å². The average molecular weight is 1140 g/mol. The zero-order chi connectivity index (χ0) is 56.2. The van der Waals surface area contributed by atoms with Crippen LogP contribution < -0.4 is 60.6 Å². The number of nitrogens with one attached hydrogen (secondary N) is 6. The fourth-order valence-corrected chi connectivity index (χ4v) is 13.2. The number of hydrogen-bond donors (Lipinski definition) is 7. The van der Waals surface area contributed by atoms with Crippen molar-refractivity contribution in [2.75, 3.05) is 72.4 Å². The predicted molar refractivity (Wildman–Crippen MR) is 302 cm³/mol. The molecule has 0 spiro atoms. The molecule has 4 heterocycles. The summed E-state index contributed by atoms with van der Waals surface area (Å²) in [5, 5.41) is 15.0. The van der Waals surface area contributed by atoms with E-state index >= 15 is 0 Å². The fourth-order valence-electron chi connectivity index (χ4n) is 10.1. The van der Waals surface area contributed by atoms with Crippen LogP contribution in [-0.2, 0) is 55.4 Å². The highest BCUT2D eigenvalue weighted by molar-refractivity contribution is 8.76. The second kappa shape index (κ2) is 23.7. The first-order valence-electron chi connectivity index (χ1n) is 25.3. The van der Waals surface area contributed by atoms with Gasteiger partial charge in [-0.25, -0.2) is 0 Å². The fraction of sp³-hybridized carbons (Fsp3) is 0.345. The van der Waals surface area contributed by atoms with E-state index in [9.17, 15) is 41.7 Å². The smallest absolute Gasteiger partial charge is 0.288 e. The van der Waals surface area contributed by atoms with E-state index in [4.69, 9.17) is 18.9 Å². The quantitative estimate of drug-likeness (QED) is 0.0332. The van der Waals surface area contributed by atoms with Crippen molar-refractivity contribution >= 4 is 95.6 Å². The molecule has 0 bridgehead atoms. The van der Waals surface area contributed by atoms with Crippen molar-refractivity contribution in [2.45, 2.75) is 74.9 Å². The first-order valence-corrected chi connectivity index (χ1v) is 29.3. The Morgan fingerprint density at radius 3 is 1.82 bits per heavy atom. The van der Waals surface area contributed by atoms with E-state index in [-0.39, 0.29) is 83.6 Å². The highest BCUT2D eigenvalue weighted by Gasteiger charge is 2.47. The lowest BCUT2D eigenvalue weighted by Gasteiger charge is -2.27. The van der Waals surface area contributed by atoms with Gasteiger partial charge in [0.15, 0.2) is 28.4 Å². The normalized spacial score (nSPS) is 16.9. The summed E-state index contributed by atoms with van der Waals surface area (Å²) in [5.41, 5.74) is 5.65.